The Bertz CT molecular complexity index is 558. The predicted molar refractivity (Wildman–Crippen MR) is 73.2 cm³/mol. The maximum absolute atomic E-state index is 12.4. The van der Waals surface area contributed by atoms with Gasteiger partial charge in [0.15, 0.2) is 0 Å². The molecule has 0 saturated heterocycles. The van der Waals surface area contributed by atoms with Crippen molar-refractivity contribution in [2.75, 3.05) is 27.3 Å². The van der Waals surface area contributed by atoms with Crippen LogP contribution < -0.4 is 4.74 Å². The quantitative estimate of drug-likeness (QED) is 0.445. The number of benzene rings is 1. The zero-order chi connectivity index (χ0) is 16.0. The number of para-hydroxylation sites is 1. The van der Waals surface area contributed by atoms with Crippen LogP contribution >= 0.6 is 0 Å². The molecule has 0 spiro atoms. The molecule has 0 aliphatic rings. The summed E-state index contributed by atoms with van der Waals surface area (Å²) in [4.78, 5) is 35.2. The summed E-state index contributed by atoms with van der Waals surface area (Å²) in [6, 6.07) is 4.04. The molecule has 21 heavy (non-hydrogen) atoms. The van der Waals surface area contributed by atoms with Gasteiger partial charge < -0.3 is 14.4 Å². The maximum Gasteiger partial charge on any atom is 0.325 e. The molecule has 114 valence electrons. The van der Waals surface area contributed by atoms with Gasteiger partial charge >= 0.3 is 11.7 Å². The summed E-state index contributed by atoms with van der Waals surface area (Å²) in [5, 5.41) is 10.9. The number of hydrogen-bond donors (Lipinski definition) is 0. The highest BCUT2D eigenvalue weighted by atomic mass is 16.6. The molecule has 0 heterocycles. The van der Waals surface area contributed by atoms with E-state index < -0.39 is 16.8 Å². The number of nitrogens with zero attached hydrogens (tertiary/aromatic N) is 2. The molecule has 0 atom stereocenters. The van der Waals surface area contributed by atoms with E-state index in [-0.39, 0.29) is 30.1 Å². The van der Waals surface area contributed by atoms with E-state index in [4.69, 9.17) is 4.74 Å². The van der Waals surface area contributed by atoms with Gasteiger partial charge in [0.2, 0.25) is 5.75 Å². The summed E-state index contributed by atoms with van der Waals surface area (Å²) in [7, 11) is 2.46. The minimum Gasteiger partial charge on any atom is -0.490 e. The van der Waals surface area contributed by atoms with E-state index >= 15 is 0 Å². The third kappa shape index (κ3) is 3.68. The van der Waals surface area contributed by atoms with Crippen LogP contribution in [0, 0.1) is 10.1 Å². The first kappa shape index (κ1) is 16.4. The molecule has 0 aromatic heterocycles. The molecule has 0 bridgehead atoms. The molecule has 1 amide bonds. The van der Waals surface area contributed by atoms with Gasteiger partial charge in [-0.05, 0) is 13.0 Å². The van der Waals surface area contributed by atoms with Gasteiger partial charge in [0.25, 0.3) is 5.91 Å². The predicted octanol–water partition coefficient (Wildman–Crippen LogP) is 1.24. The molecule has 0 radical (unpaired) electrons. The Morgan fingerprint density at radius 3 is 2.48 bits per heavy atom. The fourth-order valence-corrected chi connectivity index (χ4v) is 1.77. The third-order valence-electron chi connectivity index (χ3n) is 2.84. The maximum atomic E-state index is 12.4. The molecule has 0 N–H and O–H groups in total. The van der Waals surface area contributed by atoms with Crippen molar-refractivity contribution < 1.29 is 24.0 Å². The Kier molecular flexibility index (Phi) is 5.65. The molecular formula is C13H16N2O6. The molecule has 0 aliphatic carbocycles. The zero-order valence-electron chi connectivity index (χ0n) is 12.0. The molecular weight excluding hydrogens is 280 g/mol. The summed E-state index contributed by atoms with van der Waals surface area (Å²) < 4.78 is 9.49. The second-order valence-corrected chi connectivity index (χ2v) is 4.01. The molecule has 1 aromatic carbocycles. The van der Waals surface area contributed by atoms with Crippen molar-refractivity contribution in [1.82, 2.24) is 4.90 Å². The number of ether oxygens (including phenoxy) is 2. The largest absolute Gasteiger partial charge is 0.490 e. The van der Waals surface area contributed by atoms with Gasteiger partial charge in [-0.1, -0.05) is 6.07 Å². The lowest BCUT2D eigenvalue weighted by Gasteiger charge is -2.20. The molecule has 1 rings (SSSR count). The first-order valence-electron chi connectivity index (χ1n) is 6.13. The van der Waals surface area contributed by atoms with Crippen molar-refractivity contribution in [2.24, 2.45) is 0 Å². The number of amides is 1. The molecule has 8 nitrogen and oxygen atoms in total. The van der Waals surface area contributed by atoms with Crippen molar-refractivity contribution in [3.8, 4) is 5.75 Å². The van der Waals surface area contributed by atoms with Crippen LogP contribution in [0.15, 0.2) is 18.2 Å². The number of esters is 1. The SMILES string of the molecule is CCN(CC(=O)OC)C(=O)c1cccc([N+](=O)[O-])c1OC. The fourth-order valence-electron chi connectivity index (χ4n) is 1.77. The number of carbonyl (C=O) groups is 2. The lowest BCUT2D eigenvalue weighted by Crippen LogP contribution is -2.36. The molecule has 0 aliphatic heterocycles. The van der Waals surface area contributed by atoms with E-state index in [0.29, 0.717) is 0 Å². The van der Waals surface area contributed by atoms with Gasteiger partial charge in [-0.3, -0.25) is 19.7 Å². The number of rotatable bonds is 6. The Morgan fingerprint density at radius 2 is 2.00 bits per heavy atom. The van der Waals surface area contributed by atoms with Crippen LogP contribution in [0.1, 0.15) is 17.3 Å². The van der Waals surface area contributed by atoms with Crippen LogP contribution in [0.2, 0.25) is 0 Å². The smallest absolute Gasteiger partial charge is 0.325 e. The van der Waals surface area contributed by atoms with Crippen LogP contribution in [0.4, 0.5) is 5.69 Å². The molecule has 0 fully saturated rings. The summed E-state index contributed by atoms with van der Waals surface area (Å²) in [6.45, 7) is 1.70. The number of carbonyl (C=O) groups excluding carboxylic acids is 2. The average Bonchev–Trinajstić information content (AvgIpc) is 2.50. The van der Waals surface area contributed by atoms with Crippen LogP contribution in [0.25, 0.3) is 0 Å². The number of hydrogen-bond acceptors (Lipinski definition) is 6. The number of nitro benzene ring substituents is 1. The van der Waals surface area contributed by atoms with Crippen molar-refractivity contribution >= 4 is 17.6 Å². The minimum atomic E-state index is -0.633. The van der Waals surface area contributed by atoms with Crippen LogP contribution in [-0.4, -0.2) is 49.0 Å². The van der Waals surface area contributed by atoms with Gasteiger partial charge in [0.1, 0.15) is 6.54 Å². The van der Waals surface area contributed by atoms with Crippen LogP contribution in [-0.2, 0) is 9.53 Å². The summed E-state index contributed by atoms with van der Waals surface area (Å²) in [6.07, 6.45) is 0. The number of methoxy groups -OCH3 is 2. The highest BCUT2D eigenvalue weighted by Gasteiger charge is 2.26. The van der Waals surface area contributed by atoms with Gasteiger partial charge in [0, 0.05) is 12.6 Å². The van der Waals surface area contributed by atoms with E-state index in [9.17, 15) is 19.7 Å². The van der Waals surface area contributed by atoms with E-state index in [1.807, 2.05) is 0 Å². The van der Waals surface area contributed by atoms with Crippen LogP contribution in [0.3, 0.4) is 0 Å². The molecule has 0 saturated carbocycles. The van der Waals surface area contributed by atoms with Gasteiger partial charge in [-0.2, -0.15) is 0 Å². The van der Waals surface area contributed by atoms with Crippen molar-refractivity contribution in [2.45, 2.75) is 6.92 Å². The second-order valence-electron chi connectivity index (χ2n) is 4.01. The molecule has 0 unspecified atom stereocenters. The normalized spacial score (nSPS) is 9.86. The van der Waals surface area contributed by atoms with Gasteiger partial charge in [-0.25, -0.2) is 0 Å². The standard InChI is InChI=1S/C13H16N2O6/c1-4-14(8-11(16)20-2)13(17)9-6-5-7-10(15(18)19)12(9)21-3/h5-7H,4,8H2,1-3H3. The topological polar surface area (TPSA) is 99.0 Å². The minimum absolute atomic E-state index is 0.0254. The van der Waals surface area contributed by atoms with E-state index in [0.717, 1.165) is 0 Å². The van der Waals surface area contributed by atoms with Crippen molar-refractivity contribution in [3.05, 3.63) is 33.9 Å². The Morgan fingerprint density at radius 1 is 1.33 bits per heavy atom. The lowest BCUT2D eigenvalue weighted by molar-refractivity contribution is -0.385. The monoisotopic (exact) mass is 296 g/mol. The Labute approximate surface area is 121 Å². The number of likely N-dealkylation sites (N-methyl/N-ethyl adjacent to an activating group) is 1. The summed E-state index contributed by atoms with van der Waals surface area (Å²) >= 11 is 0. The first-order valence-corrected chi connectivity index (χ1v) is 6.13. The molecule has 8 heteroatoms. The van der Waals surface area contributed by atoms with Crippen LogP contribution in [0.5, 0.6) is 5.75 Å². The number of nitro groups is 1. The van der Waals surface area contributed by atoms with E-state index in [1.165, 1.54) is 37.3 Å². The zero-order valence-corrected chi connectivity index (χ0v) is 12.0. The first-order chi connectivity index (χ1) is 9.96. The highest BCUT2D eigenvalue weighted by molar-refractivity contribution is 5.99. The van der Waals surface area contributed by atoms with Crippen molar-refractivity contribution in [3.63, 3.8) is 0 Å². The van der Waals surface area contributed by atoms with E-state index in [2.05, 4.69) is 4.74 Å². The average molecular weight is 296 g/mol. The highest BCUT2D eigenvalue weighted by Crippen LogP contribution is 2.31. The van der Waals surface area contributed by atoms with Gasteiger partial charge in [0.05, 0.1) is 24.7 Å². The second kappa shape index (κ2) is 7.22. The fraction of sp³-hybridized carbons (Fsp3) is 0.385. The summed E-state index contributed by atoms with van der Waals surface area (Å²) in [5.74, 6) is -1.24. The molecule has 1 aromatic rings. The summed E-state index contributed by atoms with van der Waals surface area (Å²) in [5.41, 5.74) is -0.282. The third-order valence-corrected chi connectivity index (χ3v) is 2.84. The van der Waals surface area contributed by atoms with E-state index in [1.54, 1.807) is 6.92 Å². The lowest BCUT2D eigenvalue weighted by atomic mass is 10.1. The van der Waals surface area contributed by atoms with Gasteiger partial charge in [-0.15, -0.1) is 0 Å². The Balaban J connectivity index is 3.19. The van der Waals surface area contributed by atoms with Crippen molar-refractivity contribution in [1.29, 1.82) is 0 Å². The Hall–Kier alpha value is -2.64.